The van der Waals surface area contributed by atoms with Crippen LogP contribution in [0.2, 0.25) is 0 Å². The zero-order valence-electron chi connectivity index (χ0n) is 8.02. The second-order valence-corrected chi connectivity index (χ2v) is 2.70. The largest absolute Gasteiger partial charge is 0.0877 e. The van der Waals surface area contributed by atoms with Gasteiger partial charge in [0.2, 0.25) is 0 Å². The Bertz CT molecular complexity index is 180. The van der Waals surface area contributed by atoms with Crippen LogP contribution in [-0.2, 0) is 0 Å². The molecule has 0 aliphatic rings. The van der Waals surface area contributed by atoms with Crippen molar-refractivity contribution in [2.45, 2.75) is 34.1 Å². The summed E-state index contributed by atoms with van der Waals surface area (Å²) in [5, 5.41) is 0. The van der Waals surface area contributed by atoms with Crippen molar-refractivity contribution in [3.63, 3.8) is 0 Å². The molecule has 62 valence electrons. The lowest BCUT2D eigenvalue weighted by molar-refractivity contribution is 1.07. The molecule has 0 bridgehead atoms. The van der Waals surface area contributed by atoms with Crippen molar-refractivity contribution in [2.24, 2.45) is 0 Å². The third-order valence-electron chi connectivity index (χ3n) is 1.85. The minimum atomic E-state index is 1.14. The zero-order valence-corrected chi connectivity index (χ0v) is 8.02. The van der Waals surface area contributed by atoms with E-state index >= 15 is 0 Å². The van der Waals surface area contributed by atoms with Crippen LogP contribution in [-0.4, -0.2) is 0 Å². The standard InChI is InChI=1S/C11H18/c1-5-7-8-9-11(4)10(3)6-2/h5,7-9H,6H2,1-4H3/b7-5-,9-8-,11-10?. The summed E-state index contributed by atoms with van der Waals surface area (Å²) in [6.45, 7) is 8.53. The van der Waals surface area contributed by atoms with Gasteiger partial charge in [-0.15, -0.1) is 0 Å². The summed E-state index contributed by atoms with van der Waals surface area (Å²) >= 11 is 0. The molecule has 0 fully saturated rings. The van der Waals surface area contributed by atoms with Crippen molar-refractivity contribution in [2.75, 3.05) is 0 Å². The predicted molar refractivity (Wildman–Crippen MR) is 52.6 cm³/mol. The predicted octanol–water partition coefficient (Wildman–Crippen LogP) is 3.87. The molecule has 0 unspecified atom stereocenters. The Balaban J connectivity index is 4.14. The lowest BCUT2D eigenvalue weighted by Gasteiger charge is -1.97. The van der Waals surface area contributed by atoms with Gasteiger partial charge in [-0.25, -0.2) is 0 Å². The molecule has 0 radical (unpaired) electrons. The summed E-state index contributed by atoms with van der Waals surface area (Å²) in [6.07, 6.45) is 9.46. The number of hydrogen-bond donors (Lipinski definition) is 0. The van der Waals surface area contributed by atoms with E-state index in [-0.39, 0.29) is 0 Å². The van der Waals surface area contributed by atoms with Crippen LogP contribution in [0.15, 0.2) is 35.5 Å². The van der Waals surface area contributed by atoms with Crippen LogP contribution in [0.25, 0.3) is 0 Å². The lowest BCUT2D eigenvalue weighted by atomic mass is 10.1. The minimum absolute atomic E-state index is 1.14. The fraction of sp³-hybridized carbons (Fsp3) is 0.455. The van der Waals surface area contributed by atoms with E-state index in [1.807, 2.05) is 19.1 Å². The smallest absolute Gasteiger partial charge is 0.0346 e. The van der Waals surface area contributed by atoms with Crippen molar-refractivity contribution in [3.05, 3.63) is 35.5 Å². The van der Waals surface area contributed by atoms with Crippen molar-refractivity contribution in [1.82, 2.24) is 0 Å². The molecule has 0 nitrogen and oxygen atoms in total. The molecule has 0 atom stereocenters. The highest BCUT2D eigenvalue weighted by Crippen LogP contribution is 2.07. The Kier molecular flexibility index (Phi) is 5.54. The molecule has 0 saturated carbocycles. The Labute approximate surface area is 70.3 Å². The first-order valence-electron chi connectivity index (χ1n) is 4.18. The van der Waals surface area contributed by atoms with Gasteiger partial charge in [-0.1, -0.05) is 42.4 Å². The van der Waals surface area contributed by atoms with Crippen LogP contribution in [0.4, 0.5) is 0 Å². The molecule has 0 rings (SSSR count). The van der Waals surface area contributed by atoms with Gasteiger partial charge in [-0.3, -0.25) is 0 Å². The zero-order chi connectivity index (χ0) is 8.69. The van der Waals surface area contributed by atoms with Gasteiger partial charge >= 0.3 is 0 Å². The third-order valence-corrected chi connectivity index (χ3v) is 1.85. The van der Waals surface area contributed by atoms with E-state index in [0.29, 0.717) is 0 Å². The van der Waals surface area contributed by atoms with E-state index < -0.39 is 0 Å². The summed E-state index contributed by atoms with van der Waals surface area (Å²) in [5.41, 5.74) is 2.84. The number of rotatable bonds is 3. The van der Waals surface area contributed by atoms with Gasteiger partial charge in [0.25, 0.3) is 0 Å². The highest BCUT2D eigenvalue weighted by molar-refractivity contribution is 5.24. The Hall–Kier alpha value is -0.780. The molecule has 0 N–H and O–H groups in total. The summed E-state index contributed by atoms with van der Waals surface area (Å²) in [7, 11) is 0. The van der Waals surface area contributed by atoms with Gasteiger partial charge in [0.1, 0.15) is 0 Å². The molecule has 0 aliphatic heterocycles. The first kappa shape index (κ1) is 10.2. The molecular formula is C11H18. The second kappa shape index (κ2) is 5.96. The number of allylic oxidation sites excluding steroid dienone is 6. The Morgan fingerprint density at radius 2 is 1.82 bits per heavy atom. The monoisotopic (exact) mass is 150 g/mol. The minimum Gasteiger partial charge on any atom is -0.0877 e. The van der Waals surface area contributed by atoms with Crippen LogP contribution in [0.1, 0.15) is 34.1 Å². The Morgan fingerprint density at radius 3 is 2.27 bits per heavy atom. The molecule has 0 heterocycles. The molecule has 0 saturated heterocycles. The van der Waals surface area contributed by atoms with Gasteiger partial charge in [0, 0.05) is 0 Å². The average Bonchev–Trinajstić information content (AvgIpc) is 2.03. The maximum absolute atomic E-state index is 2.18. The molecule has 0 spiro atoms. The molecule has 0 aromatic heterocycles. The van der Waals surface area contributed by atoms with E-state index in [9.17, 15) is 0 Å². The highest BCUT2D eigenvalue weighted by Gasteiger charge is 1.87. The van der Waals surface area contributed by atoms with Crippen LogP contribution in [0.5, 0.6) is 0 Å². The van der Waals surface area contributed by atoms with Crippen molar-refractivity contribution < 1.29 is 0 Å². The lowest BCUT2D eigenvalue weighted by Crippen LogP contribution is -1.76. The van der Waals surface area contributed by atoms with Gasteiger partial charge in [-0.2, -0.15) is 0 Å². The fourth-order valence-corrected chi connectivity index (χ4v) is 0.732. The van der Waals surface area contributed by atoms with Crippen LogP contribution in [0, 0.1) is 0 Å². The molecular weight excluding hydrogens is 132 g/mol. The van der Waals surface area contributed by atoms with Gasteiger partial charge in [0.05, 0.1) is 0 Å². The molecule has 0 aromatic carbocycles. The summed E-state index contributed by atoms with van der Waals surface area (Å²) < 4.78 is 0. The number of hydrogen-bond acceptors (Lipinski definition) is 0. The molecule has 0 amide bonds. The van der Waals surface area contributed by atoms with Crippen LogP contribution >= 0.6 is 0 Å². The summed E-state index contributed by atoms with van der Waals surface area (Å²) in [6, 6.07) is 0. The maximum atomic E-state index is 2.18. The van der Waals surface area contributed by atoms with E-state index in [2.05, 4.69) is 32.9 Å². The molecule has 0 heteroatoms. The molecule has 0 aliphatic carbocycles. The molecule has 11 heavy (non-hydrogen) atoms. The third kappa shape index (κ3) is 4.60. The van der Waals surface area contributed by atoms with Crippen LogP contribution in [0.3, 0.4) is 0 Å². The fourth-order valence-electron chi connectivity index (χ4n) is 0.732. The normalized spacial score (nSPS) is 14.5. The quantitative estimate of drug-likeness (QED) is 0.536. The van der Waals surface area contributed by atoms with E-state index in [1.54, 1.807) is 0 Å². The summed E-state index contributed by atoms with van der Waals surface area (Å²) in [4.78, 5) is 0. The molecule has 0 aromatic rings. The SMILES string of the molecule is C/C=C\C=C/C(C)=C(C)CC. The van der Waals surface area contributed by atoms with E-state index in [4.69, 9.17) is 0 Å². The Morgan fingerprint density at radius 1 is 1.18 bits per heavy atom. The maximum Gasteiger partial charge on any atom is -0.0346 e. The second-order valence-electron chi connectivity index (χ2n) is 2.70. The first-order valence-corrected chi connectivity index (χ1v) is 4.18. The van der Waals surface area contributed by atoms with Gasteiger partial charge in [-0.05, 0) is 27.2 Å². The topological polar surface area (TPSA) is 0 Å². The van der Waals surface area contributed by atoms with Crippen LogP contribution < -0.4 is 0 Å². The first-order chi connectivity index (χ1) is 5.22. The van der Waals surface area contributed by atoms with Crippen molar-refractivity contribution in [3.8, 4) is 0 Å². The van der Waals surface area contributed by atoms with E-state index in [1.165, 1.54) is 11.1 Å². The van der Waals surface area contributed by atoms with Crippen molar-refractivity contribution >= 4 is 0 Å². The summed E-state index contributed by atoms with van der Waals surface area (Å²) in [5.74, 6) is 0. The van der Waals surface area contributed by atoms with E-state index in [0.717, 1.165) is 6.42 Å². The van der Waals surface area contributed by atoms with Crippen molar-refractivity contribution in [1.29, 1.82) is 0 Å². The highest BCUT2D eigenvalue weighted by atomic mass is 13.9. The average molecular weight is 150 g/mol. The van der Waals surface area contributed by atoms with Gasteiger partial charge in [0.15, 0.2) is 0 Å². The van der Waals surface area contributed by atoms with Gasteiger partial charge < -0.3 is 0 Å².